The third-order valence-electron chi connectivity index (χ3n) is 5.41. The summed E-state index contributed by atoms with van der Waals surface area (Å²) >= 11 is 6.01. The zero-order valence-corrected chi connectivity index (χ0v) is 18.6. The first kappa shape index (κ1) is 22.6. The first-order valence-electron chi connectivity index (χ1n) is 10.6. The number of halogens is 1. The highest BCUT2D eigenvalue weighted by atomic mass is 35.5. The number of hydrogen-bond donors (Lipinski definition) is 0. The lowest BCUT2D eigenvalue weighted by molar-refractivity contribution is 0.0495. The summed E-state index contributed by atoms with van der Waals surface area (Å²) in [6.45, 7) is 1.57. The number of allylic oxidation sites excluding steroid dienone is 2. The van der Waals surface area contributed by atoms with Crippen LogP contribution in [0.4, 0.5) is 0 Å². The molecule has 3 aromatic carbocycles. The Labute approximate surface area is 197 Å². The number of carbonyl (C=O) groups excluding carboxylic acids is 3. The molecule has 4 rings (SSSR count). The highest BCUT2D eigenvalue weighted by Gasteiger charge is 2.33. The molecule has 0 spiro atoms. The van der Waals surface area contributed by atoms with Gasteiger partial charge in [-0.15, -0.1) is 0 Å². The number of carbonyl (C=O) groups is 3. The average Bonchev–Trinajstić information content (AvgIpc) is 2.88. The van der Waals surface area contributed by atoms with Crippen molar-refractivity contribution >= 4 is 29.0 Å². The lowest BCUT2D eigenvalue weighted by Crippen LogP contribution is -2.40. The van der Waals surface area contributed by atoms with E-state index in [1.54, 1.807) is 89.8 Å². The van der Waals surface area contributed by atoms with E-state index in [0.29, 0.717) is 48.0 Å². The first-order valence-corrected chi connectivity index (χ1v) is 11.0. The Morgan fingerprint density at radius 2 is 1.09 bits per heavy atom. The molecule has 1 aliphatic heterocycles. The minimum Gasteiger partial charge on any atom is -0.378 e. The molecule has 0 saturated carbocycles. The third-order valence-corrected chi connectivity index (χ3v) is 5.66. The zero-order chi connectivity index (χ0) is 23.2. The van der Waals surface area contributed by atoms with Gasteiger partial charge in [0.05, 0.1) is 18.8 Å². The fraction of sp³-hybridized carbons (Fsp3) is 0.148. The molecule has 1 saturated heterocycles. The predicted molar refractivity (Wildman–Crippen MR) is 127 cm³/mol. The van der Waals surface area contributed by atoms with Crippen molar-refractivity contribution in [1.29, 1.82) is 0 Å². The number of Topliss-reactive ketones (excluding diaryl/α,β-unsaturated/α-hetero) is 3. The van der Waals surface area contributed by atoms with Crippen LogP contribution >= 0.6 is 11.6 Å². The standard InChI is InChI=1S/C27H22ClNO4/c28-22-13-11-21(12-14-22)27(32)24(29-15-17-33-18-16-29)23(25(30)19-7-3-1-4-8-19)26(31)20-9-5-2-6-10-20/h1-14H,15-18H2. The zero-order valence-electron chi connectivity index (χ0n) is 17.9. The number of rotatable bonds is 7. The number of morpholine rings is 1. The molecule has 3 aromatic rings. The van der Waals surface area contributed by atoms with E-state index in [-0.39, 0.29) is 11.3 Å². The van der Waals surface area contributed by atoms with Crippen LogP contribution in [0.3, 0.4) is 0 Å². The molecule has 1 aliphatic rings. The van der Waals surface area contributed by atoms with Crippen molar-refractivity contribution in [2.24, 2.45) is 0 Å². The average molecular weight is 460 g/mol. The molecule has 0 unspecified atom stereocenters. The van der Waals surface area contributed by atoms with Crippen LogP contribution in [-0.4, -0.2) is 48.6 Å². The second kappa shape index (κ2) is 10.4. The molecule has 1 heterocycles. The van der Waals surface area contributed by atoms with Gasteiger partial charge in [0.25, 0.3) is 0 Å². The molecular formula is C27H22ClNO4. The van der Waals surface area contributed by atoms with Crippen molar-refractivity contribution in [2.45, 2.75) is 0 Å². The number of ketones is 3. The Morgan fingerprint density at radius 1 is 0.636 bits per heavy atom. The molecule has 33 heavy (non-hydrogen) atoms. The highest BCUT2D eigenvalue weighted by molar-refractivity contribution is 6.34. The molecule has 5 nitrogen and oxygen atoms in total. The summed E-state index contributed by atoms with van der Waals surface area (Å²) in [6, 6.07) is 23.5. The van der Waals surface area contributed by atoms with E-state index in [1.165, 1.54) is 0 Å². The van der Waals surface area contributed by atoms with Crippen LogP contribution in [0, 0.1) is 0 Å². The second-order valence-corrected chi connectivity index (χ2v) is 7.99. The molecule has 0 bridgehead atoms. The summed E-state index contributed by atoms with van der Waals surface area (Å²) in [5.41, 5.74) is 0.968. The molecule has 0 N–H and O–H groups in total. The van der Waals surface area contributed by atoms with Gasteiger partial charge in [-0.3, -0.25) is 14.4 Å². The van der Waals surface area contributed by atoms with Gasteiger partial charge < -0.3 is 9.64 Å². The van der Waals surface area contributed by atoms with E-state index in [0.717, 1.165) is 0 Å². The largest absolute Gasteiger partial charge is 0.378 e. The monoisotopic (exact) mass is 459 g/mol. The fourth-order valence-electron chi connectivity index (χ4n) is 3.73. The molecule has 0 aliphatic carbocycles. The van der Waals surface area contributed by atoms with E-state index in [1.807, 2.05) is 0 Å². The van der Waals surface area contributed by atoms with Gasteiger partial charge in [-0.2, -0.15) is 0 Å². The number of ether oxygens (including phenoxy) is 1. The Bertz CT molecular complexity index is 1130. The molecular weight excluding hydrogens is 438 g/mol. The van der Waals surface area contributed by atoms with E-state index < -0.39 is 17.3 Å². The smallest absolute Gasteiger partial charge is 0.209 e. The SMILES string of the molecule is O=C(C(C(=O)c1ccccc1)=C(C(=O)c1ccc(Cl)cc1)N1CCOCC1)c1ccccc1. The van der Waals surface area contributed by atoms with Gasteiger partial charge in [-0.25, -0.2) is 0 Å². The van der Waals surface area contributed by atoms with Gasteiger partial charge >= 0.3 is 0 Å². The van der Waals surface area contributed by atoms with Gasteiger partial charge in [-0.1, -0.05) is 72.3 Å². The van der Waals surface area contributed by atoms with Gasteiger partial charge in [0, 0.05) is 34.8 Å². The quantitative estimate of drug-likeness (QED) is 0.218. The minimum absolute atomic E-state index is 0.0864. The topological polar surface area (TPSA) is 63.7 Å². The molecule has 0 radical (unpaired) electrons. The number of benzene rings is 3. The molecule has 0 atom stereocenters. The normalized spacial score (nSPS) is 13.3. The summed E-state index contributed by atoms with van der Waals surface area (Å²) < 4.78 is 5.46. The van der Waals surface area contributed by atoms with Crippen LogP contribution in [0.5, 0.6) is 0 Å². The second-order valence-electron chi connectivity index (χ2n) is 7.55. The third kappa shape index (κ3) is 5.11. The summed E-state index contributed by atoms with van der Waals surface area (Å²) in [6.07, 6.45) is 0. The van der Waals surface area contributed by atoms with Crippen molar-refractivity contribution in [3.8, 4) is 0 Å². The van der Waals surface area contributed by atoms with Crippen molar-refractivity contribution in [3.05, 3.63) is 118 Å². The highest BCUT2D eigenvalue weighted by Crippen LogP contribution is 2.25. The summed E-state index contributed by atoms with van der Waals surface area (Å²) in [7, 11) is 0. The summed E-state index contributed by atoms with van der Waals surface area (Å²) in [5.74, 6) is -1.39. The predicted octanol–water partition coefficient (Wildman–Crippen LogP) is 4.87. The Kier molecular flexibility index (Phi) is 7.13. The maximum atomic E-state index is 13.8. The van der Waals surface area contributed by atoms with Crippen LogP contribution in [0.15, 0.2) is 96.2 Å². The first-order chi connectivity index (χ1) is 16.1. The Morgan fingerprint density at radius 3 is 1.58 bits per heavy atom. The molecule has 1 fully saturated rings. The van der Waals surface area contributed by atoms with Crippen molar-refractivity contribution in [2.75, 3.05) is 26.3 Å². The summed E-state index contributed by atoms with van der Waals surface area (Å²) in [5, 5.41) is 0.490. The van der Waals surface area contributed by atoms with Crippen LogP contribution in [0.25, 0.3) is 0 Å². The van der Waals surface area contributed by atoms with Gasteiger partial charge in [0.2, 0.25) is 5.78 Å². The molecule has 166 valence electrons. The maximum absolute atomic E-state index is 13.8. The number of nitrogens with zero attached hydrogens (tertiary/aromatic N) is 1. The molecule has 0 amide bonds. The lowest BCUT2D eigenvalue weighted by Gasteiger charge is -2.31. The van der Waals surface area contributed by atoms with Gasteiger partial charge in [0.15, 0.2) is 11.6 Å². The van der Waals surface area contributed by atoms with E-state index in [2.05, 4.69) is 0 Å². The maximum Gasteiger partial charge on any atom is 0.209 e. The summed E-state index contributed by atoms with van der Waals surface area (Å²) in [4.78, 5) is 43.0. The Balaban J connectivity index is 1.94. The minimum atomic E-state index is -0.492. The van der Waals surface area contributed by atoms with Crippen LogP contribution in [0.2, 0.25) is 5.02 Å². The van der Waals surface area contributed by atoms with Crippen molar-refractivity contribution < 1.29 is 19.1 Å². The van der Waals surface area contributed by atoms with Gasteiger partial charge in [0.1, 0.15) is 5.70 Å². The van der Waals surface area contributed by atoms with Crippen molar-refractivity contribution in [1.82, 2.24) is 4.90 Å². The van der Waals surface area contributed by atoms with E-state index in [4.69, 9.17) is 16.3 Å². The Hall–Kier alpha value is -3.54. The van der Waals surface area contributed by atoms with Crippen LogP contribution in [-0.2, 0) is 4.74 Å². The van der Waals surface area contributed by atoms with Gasteiger partial charge in [-0.05, 0) is 24.3 Å². The lowest BCUT2D eigenvalue weighted by atomic mass is 9.90. The van der Waals surface area contributed by atoms with E-state index >= 15 is 0 Å². The fourth-order valence-corrected chi connectivity index (χ4v) is 3.85. The number of hydrogen-bond acceptors (Lipinski definition) is 5. The van der Waals surface area contributed by atoms with Crippen molar-refractivity contribution in [3.63, 3.8) is 0 Å². The van der Waals surface area contributed by atoms with Crippen LogP contribution in [0.1, 0.15) is 31.1 Å². The molecule has 6 heteroatoms. The molecule has 0 aromatic heterocycles. The van der Waals surface area contributed by atoms with E-state index in [9.17, 15) is 14.4 Å². The van der Waals surface area contributed by atoms with Crippen LogP contribution < -0.4 is 0 Å².